The van der Waals surface area contributed by atoms with Crippen molar-refractivity contribution in [3.05, 3.63) is 89.3 Å². The molecule has 9 nitrogen and oxygen atoms in total. The molecule has 2 aromatic carbocycles. The molecule has 1 amide bonds. The van der Waals surface area contributed by atoms with E-state index in [1.165, 1.54) is 18.5 Å². The molecule has 3 aromatic heterocycles. The zero-order valence-electron chi connectivity index (χ0n) is 20.3. The topological polar surface area (TPSA) is 132 Å². The molecule has 0 aliphatic heterocycles. The van der Waals surface area contributed by atoms with Crippen LogP contribution in [0.4, 0.5) is 21.6 Å². The lowest BCUT2D eigenvalue weighted by Crippen LogP contribution is -2.18. The minimum atomic E-state index is -0.968. The predicted molar refractivity (Wildman–Crippen MR) is 143 cm³/mol. The molecular formula is C27H20ClFN8O. The van der Waals surface area contributed by atoms with E-state index in [0.717, 1.165) is 6.07 Å². The summed E-state index contributed by atoms with van der Waals surface area (Å²) in [6, 6.07) is 14.6. The fraction of sp³-hybridized carbons (Fsp3) is 0.111. The predicted octanol–water partition coefficient (Wildman–Crippen LogP) is 6.00. The molecule has 0 unspecified atom stereocenters. The first kappa shape index (κ1) is 24.8. The van der Waals surface area contributed by atoms with Crippen molar-refractivity contribution < 1.29 is 9.18 Å². The van der Waals surface area contributed by atoms with Crippen LogP contribution in [0.1, 0.15) is 29.8 Å². The lowest BCUT2D eigenvalue weighted by molar-refractivity contribution is 0.102. The van der Waals surface area contributed by atoms with Gasteiger partial charge >= 0.3 is 0 Å². The highest BCUT2D eigenvalue weighted by Crippen LogP contribution is 2.33. The Labute approximate surface area is 221 Å². The van der Waals surface area contributed by atoms with Gasteiger partial charge in [0.15, 0.2) is 5.65 Å². The lowest BCUT2D eigenvalue weighted by atomic mass is 9.85. The molecule has 0 radical (unpaired) electrons. The maximum atomic E-state index is 14.3. The highest BCUT2D eigenvalue weighted by atomic mass is 35.5. The summed E-state index contributed by atoms with van der Waals surface area (Å²) >= 11 is 6.36. The van der Waals surface area contributed by atoms with E-state index in [1.807, 2.05) is 6.07 Å². The van der Waals surface area contributed by atoms with Crippen LogP contribution in [0.3, 0.4) is 0 Å². The van der Waals surface area contributed by atoms with Crippen molar-refractivity contribution in [1.82, 2.24) is 24.9 Å². The zero-order chi connectivity index (χ0) is 26.9. The van der Waals surface area contributed by atoms with Gasteiger partial charge in [-0.2, -0.15) is 5.26 Å². The van der Waals surface area contributed by atoms with E-state index in [0.29, 0.717) is 45.2 Å². The summed E-state index contributed by atoms with van der Waals surface area (Å²) < 4.78 is 14.3. The van der Waals surface area contributed by atoms with Crippen molar-refractivity contribution in [3.63, 3.8) is 0 Å². The monoisotopic (exact) mass is 526 g/mol. The number of rotatable bonds is 6. The minimum absolute atomic E-state index is 0.0662. The number of carbonyl (C=O) groups is 1. The maximum Gasteiger partial charge on any atom is 0.255 e. The van der Waals surface area contributed by atoms with Gasteiger partial charge in [-0.3, -0.25) is 4.79 Å². The van der Waals surface area contributed by atoms with Crippen molar-refractivity contribution in [1.29, 1.82) is 5.26 Å². The first-order chi connectivity index (χ1) is 18.2. The average molecular weight is 527 g/mol. The van der Waals surface area contributed by atoms with E-state index in [1.54, 1.807) is 50.6 Å². The molecule has 0 saturated heterocycles. The van der Waals surface area contributed by atoms with Crippen molar-refractivity contribution >= 4 is 45.9 Å². The van der Waals surface area contributed by atoms with Gasteiger partial charge in [0.05, 0.1) is 28.5 Å². The molecule has 188 valence electrons. The van der Waals surface area contributed by atoms with Gasteiger partial charge in [0, 0.05) is 23.0 Å². The summed E-state index contributed by atoms with van der Waals surface area (Å²) in [5, 5.41) is 15.7. The number of benzene rings is 2. The fourth-order valence-corrected chi connectivity index (χ4v) is 4.00. The summed E-state index contributed by atoms with van der Waals surface area (Å²) in [5.41, 5.74) is 2.87. The number of fused-ring (bicyclic) bond motifs is 1. The van der Waals surface area contributed by atoms with E-state index in [9.17, 15) is 14.4 Å². The van der Waals surface area contributed by atoms with Gasteiger partial charge in [0.25, 0.3) is 5.91 Å². The summed E-state index contributed by atoms with van der Waals surface area (Å²) in [6.07, 6.45) is 4.62. The van der Waals surface area contributed by atoms with Crippen molar-refractivity contribution in [2.75, 3.05) is 10.6 Å². The van der Waals surface area contributed by atoms with Crippen LogP contribution in [0.5, 0.6) is 0 Å². The molecular weight excluding hydrogens is 507 g/mol. The molecule has 0 aliphatic carbocycles. The van der Waals surface area contributed by atoms with Gasteiger partial charge < -0.3 is 15.6 Å². The van der Waals surface area contributed by atoms with Gasteiger partial charge in [-0.15, -0.1) is 0 Å². The van der Waals surface area contributed by atoms with Gasteiger partial charge in [0.1, 0.15) is 29.2 Å². The van der Waals surface area contributed by atoms with E-state index in [2.05, 4.69) is 41.6 Å². The van der Waals surface area contributed by atoms with E-state index < -0.39 is 17.1 Å². The van der Waals surface area contributed by atoms with E-state index in [-0.39, 0.29) is 10.6 Å². The molecule has 0 atom stereocenters. The van der Waals surface area contributed by atoms with Crippen LogP contribution in [0.15, 0.2) is 67.4 Å². The molecule has 3 N–H and O–H groups in total. The van der Waals surface area contributed by atoms with Gasteiger partial charge in [-0.05, 0) is 67.9 Å². The second kappa shape index (κ2) is 9.88. The molecule has 3 heterocycles. The van der Waals surface area contributed by atoms with Crippen LogP contribution in [0, 0.1) is 17.1 Å². The molecule has 38 heavy (non-hydrogen) atoms. The highest BCUT2D eigenvalue weighted by Gasteiger charge is 2.23. The number of H-pyrrole nitrogens is 1. The quantitative estimate of drug-likeness (QED) is 0.247. The number of amides is 1. The summed E-state index contributed by atoms with van der Waals surface area (Å²) in [6.45, 7) is 3.31. The number of nitrogens with one attached hydrogen (secondary N) is 3. The Bertz CT molecular complexity index is 1730. The number of nitrogens with zero attached hydrogens (tertiary/aromatic N) is 5. The summed E-state index contributed by atoms with van der Waals surface area (Å²) in [7, 11) is 0. The normalized spacial score (nSPS) is 11.2. The first-order valence-electron chi connectivity index (χ1n) is 11.4. The average Bonchev–Trinajstić information content (AvgIpc) is 3.40. The van der Waals surface area contributed by atoms with Crippen LogP contribution >= 0.6 is 11.6 Å². The Kier molecular flexibility index (Phi) is 6.45. The zero-order valence-corrected chi connectivity index (χ0v) is 21.0. The third-order valence-electron chi connectivity index (χ3n) is 5.92. The Balaban J connectivity index is 1.44. The number of anilines is 3. The molecule has 11 heteroatoms. The lowest BCUT2D eigenvalue weighted by Gasteiger charge is -2.17. The summed E-state index contributed by atoms with van der Waals surface area (Å²) in [5.74, 6) is -0.682. The first-order valence-corrected chi connectivity index (χ1v) is 11.8. The van der Waals surface area contributed by atoms with Crippen LogP contribution in [0.2, 0.25) is 5.02 Å². The fourth-order valence-electron chi connectivity index (χ4n) is 3.83. The molecule has 0 bridgehead atoms. The summed E-state index contributed by atoms with van der Waals surface area (Å²) in [4.78, 5) is 33.3. The molecule has 5 aromatic rings. The minimum Gasteiger partial charge on any atom is -0.340 e. The van der Waals surface area contributed by atoms with Crippen LogP contribution in [0.25, 0.3) is 22.4 Å². The van der Waals surface area contributed by atoms with E-state index in [4.69, 9.17) is 11.6 Å². The Morgan fingerprint density at radius 3 is 2.76 bits per heavy atom. The Morgan fingerprint density at radius 2 is 1.95 bits per heavy atom. The van der Waals surface area contributed by atoms with Crippen molar-refractivity contribution in [2.45, 2.75) is 19.3 Å². The third-order valence-corrected chi connectivity index (χ3v) is 6.25. The SMILES string of the molecule is CC(C)(C#N)c1cc(F)cc(C(=O)Nc2cc(Nc3ncccc3-c3ncnc4[nH]cnc34)ccc2Cl)c1. The van der Waals surface area contributed by atoms with Gasteiger partial charge in [-0.1, -0.05) is 11.6 Å². The van der Waals surface area contributed by atoms with Crippen LogP contribution in [-0.2, 0) is 5.41 Å². The smallest absolute Gasteiger partial charge is 0.255 e. The molecule has 0 spiro atoms. The second-order valence-electron chi connectivity index (χ2n) is 8.96. The number of pyridine rings is 1. The molecule has 0 fully saturated rings. The number of halogens is 2. The highest BCUT2D eigenvalue weighted by molar-refractivity contribution is 6.34. The number of aromatic nitrogens is 5. The van der Waals surface area contributed by atoms with Crippen molar-refractivity contribution in [2.24, 2.45) is 0 Å². The van der Waals surface area contributed by atoms with Crippen LogP contribution < -0.4 is 10.6 Å². The number of imidazole rings is 1. The number of nitriles is 1. The number of aromatic amines is 1. The van der Waals surface area contributed by atoms with Gasteiger partial charge in [0.2, 0.25) is 0 Å². The largest absolute Gasteiger partial charge is 0.340 e. The van der Waals surface area contributed by atoms with E-state index >= 15 is 0 Å². The number of hydrogen-bond acceptors (Lipinski definition) is 7. The standard InChI is InChI=1S/C27H20ClFN8O/c1-27(2,12-30)16-8-15(9-17(29)10-16)26(38)37-21-11-18(5-6-20(21)28)36-24-19(4-3-7-31-24)22-23-25(34-13-32-22)35-14-33-23/h3-11,13-14H,1-2H3,(H,31,36)(H,37,38)(H,32,33,34,35). The molecule has 0 aliphatic rings. The Hall–Kier alpha value is -4.88. The third kappa shape index (κ3) is 4.87. The molecule has 5 rings (SSSR count). The molecule has 0 saturated carbocycles. The Morgan fingerprint density at radius 1 is 1.11 bits per heavy atom. The number of carbonyl (C=O) groups excluding carboxylic acids is 1. The van der Waals surface area contributed by atoms with Gasteiger partial charge in [-0.25, -0.2) is 24.3 Å². The second-order valence-corrected chi connectivity index (χ2v) is 9.37. The maximum absolute atomic E-state index is 14.3. The van der Waals surface area contributed by atoms with Crippen molar-refractivity contribution in [3.8, 4) is 17.3 Å². The number of hydrogen-bond donors (Lipinski definition) is 3. The van der Waals surface area contributed by atoms with Crippen LogP contribution in [-0.4, -0.2) is 30.8 Å².